The molecule has 0 atom stereocenters. The fourth-order valence-electron chi connectivity index (χ4n) is 1.51. The first-order valence-corrected chi connectivity index (χ1v) is 5.69. The number of nitrogens with one attached hydrogen (secondary N) is 1. The predicted octanol–water partition coefficient (Wildman–Crippen LogP) is 2.91. The molecule has 88 valence electrons. The molecule has 0 unspecified atom stereocenters. The number of carbonyl (C=O) groups is 1. The van der Waals surface area contributed by atoms with E-state index >= 15 is 0 Å². The van der Waals surface area contributed by atoms with Crippen LogP contribution >= 0.6 is 11.6 Å². The maximum absolute atomic E-state index is 11.5. The topological polar surface area (TPSA) is 42.2 Å². The molecule has 0 fully saturated rings. The molecule has 0 aliphatic rings. The van der Waals surface area contributed by atoms with Crippen LogP contribution in [0.3, 0.4) is 0 Å². The summed E-state index contributed by atoms with van der Waals surface area (Å²) in [6.45, 7) is 0.555. The average Bonchev–Trinajstić information content (AvgIpc) is 2.82. The Balaban J connectivity index is 1.82. The summed E-state index contributed by atoms with van der Waals surface area (Å²) in [6, 6.07) is 10.9. The van der Waals surface area contributed by atoms with Crippen molar-refractivity contribution in [1.82, 2.24) is 5.32 Å². The lowest BCUT2D eigenvalue weighted by atomic mass is 10.1. The molecular weight excluding hydrogens is 238 g/mol. The van der Waals surface area contributed by atoms with Gasteiger partial charge in [-0.2, -0.15) is 0 Å². The van der Waals surface area contributed by atoms with Crippen LogP contribution in [-0.4, -0.2) is 12.5 Å². The second-order valence-electron chi connectivity index (χ2n) is 3.61. The number of furan rings is 1. The van der Waals surface area contributed by atoms with Crippen molar-refractivity contribution in [2.45, 2.75) is 6.42 Å². The van der Waals surface area contributed by atoms with Gasteiger partial charge < -0.3 is 9.73 Å². The van der Waals surface area contributed by atoms with E-state index in [0.717, 1.165) is 12.0 Å². The smallest absolute Gasteiger partial charge is 0.286 e. The van der Waals surface area contributed by atoms with E-state index in [-0.39, 0.29) is 5.91 Å². The van der Waals surface area contributed by atoms with Gasteiger partial charge in [-0.3, -0.25) is 4.79 Å². The third kappa shape index (κ3) is 3.36. The molecule has 4 heteroatoms. The van der Waals surface area contributed by atoms with Crippen molar-refractivity contribution in [3.05, 3.63) is 59.0 Å². The van der Waals surface area contributed by atoms with Crippen molar-refractivity contribution >= 4 is 17.5 Å². The fraction of sp³-hybridized carbons (Fsp3) is 0.154. The van der Waals surface area contributed by atoms with E-state index < -0.39 is 0 Å². The quantitative estimate of drug-likeness (QED) is 0.905. The Labute approximate surface area is 104 Å². The van der Waals surface area contributed by atoms with E-state index in [2.05, 4.69) is 5.32 Å². The van der Waals surface area contributed by atoms with Crippen molar-refractivity contribution in [3.8, 4) is 0 Å². The second kappa shape index (κ2) is 5.55. The predicted molar refractivity (Wildman–Crippen MR) is 66.2 cm³/mol. The number of benzene rings is 1. The Morgan fingerprint density at radius 3 is 2.88 bits per heavy atom. The van der Waals surface area contributed by atoms with E-state index in [9.17, 15) is 4.79 Å². The van der Waals surface area contributed by atoms with Gasteiger partial charge >= 0.3 is 0 Å². The van der Waals surface area contributed by atoms with E-state index in [1.54, 1.807) is 12.1 Å². The molecule has 0 radical (unpaired) electrons. The van der Waals surface area contributed by atoms with Gasteiger partial charge in [0, 0.05) is 11.6 Å². The van der Waals surface area contributed by atoms with E-state index in [1.165, 1.54) is 6.26 Å². The Morgan fingerprint density at radius 1 is 1.29 bits per heavy atom. The molecule has 0 spiro atoms. The minimum atomic E-state index is -0.197. The zero-order valence-electron chi connectivity index (χ0n) is 9.15. The van der Waals surface area contributed by atoms with Gasteiger partial charge in [0.1, 0.15) is 0 Å². The first-order chi connectivity index (χ1) is 8.25. The highest BCUT2D eigenvalue weighted by molar-refractivity contribution is 6.30. The molecule has 1 amide bonds. The van der Waals surface area contributed by atoms with Crippen LogP contribution in [0.2, 0.25) is 5.02 Å². The zero-order chi connectivity index (χ0) is 12.1. The molecule has 2 aromatic rings. The molecule has 1 aromatic heterocycles. The molecule has 2 rings (SSSR count). The Bertz CT molecular complexity index is 494. The monoisotopic (exact) mass is 249 g/mol. The lowest BCUT2D eigenvalue weighted by molar-refractivity contribution is 0.0926. The van der Waals surface area contributed by atoms with Crippen molar-refractivity contribution in [1.29, 1.82) is 0 Å². The van der Waals surface area contributed by atoms with Crippen LogP contribution in [0.5, 0.6) is 0 Å². The molecule has 0 saturated heterocycles. The number of amides is 1. The van der Waals surface area contributed by atoms with Crippen molar-refractivity contribution < 1.29 is 9.21 Å². The van der Waals surface area contributed by atoms with Crippen LogP contribution in [0.15, 0.2) is 47.1 Å². The molecule has 0 saturated carbocycles. The molecule has 17 heavy (non-hydrogen) atoms. The molecule has 0 aliphatic heterocycles. The van der Waals surface area contributed by atoms with Crippen molar-refractivity contribution in [2.75, 3.05) is 6.54 Å². The van der Waals surface area contributed by atoms with Gasteiger partial charge in [0.2, 0.25) is 0 Å². The molecule has 1 N–H and O–H groups in total. The number of hydrogen-bond acceptors (Lipinski definition) is 2. The highest BCUT2D eigenvalue weighted by Gasteiger charge is 2.06. The fourth-order valence-corrected chi connectivity index (χ4v) is 1.72. The van der Waals surface area contributed by atoms with Gasteiger partial charge in [0.05, 0.1) is 6.26 Å². The summed E-state index contributed by atoms with van der Waals surface area (Å²) in [6.07, 6.45) is 2.22. The van der Waals surface area contributed by atoms with Gasteiger partial charge in [0.25, 0.3) is 5.91 Å². The Kier molecular flexibility index (Phi) is 3.83. The van der Waals surface area contributed by atoms with E-state index in [4.69, 9.17) is 16.0 Å². The summed E-state index contributed by atoms with van der Waals surface area (Å²) in [5.41, 5.74) is 1.09. The van der Waals surface area contributed by atoms with Crippen LogP contribution < -0.4 is 5.32 Å². The van der Waals surface area contributed by atoms with Gasteiger partial charge in [-0.1, -0.05) is 23.7 Å². The van der Waals surface area contributed by atoms with E-state index in [1.807, 2.05) is 24.3 Å². The maximum Gasteiger partial charge on any atom is 0.286 e. The Hall–Kier alpha value is -1.74. The third-order valence-electron chi connectivity index (χ3n) is 2.33. The number of hydrogen-bond donors (Lipinski definition) is 1. The summed E-state index contributed by atoms with van der Waals surface area (Å²) in [7, 11) is 0. The van der Waals surface area contributed by atoms with Gasteiger partial charge in [-0.05, 0) is 36.2 Å². The molecule has 1 aromatic carbocycles. The Morgan fingerprint density at radius 2 is 2.18 bits per heavy atom. The third-order valence-corrected chi connectivity index (χ3v) is 2.57. The number of rotatable bonds is 4. The second-order valence-corrected chi connectivity index (χ2v) is 4.05. The van der Waals surface area contributed by atoms with Gasteiger partial charge in [-0.25, -0.2) is 0 Å². The van der Waals surface area contributed by atoms with Crippen molar-refractivity contribution in [2.24, 2.45) is 0 Å². The SMILES string of the molecule is O=C(NCCc1cccc(Cl)c1)c1ccco1. The zero-order valence-corrected chi connectivity index (χ0v) is 9.91. The van der Waals surface area contributed by atoms with Crippen LogP contribution in [0.25, 0.3) is 0 Å². The average molecular weight is 250 g/mol. The summed E-state index contributed by atoms with van der Waals surface area (Å²) >= 11 is 5.87. The summed E-state index contributed by atoms with van der Waals surface area (Å²) in [5, 5.41) is 3.49. The lowest BCUT2D eigenvalue weighted by Crippen LogP contribution is -2.25. The maximum atomic E-state index is 11.5. The number of halogens is 1. The first-order valence-electron chi connectivity index (χ1n) is 5.32. The summed E-state index contributed by atoms with van der Waals surface area (Å²) < 4.78 is 4.98. The molecular formula is C13H12ClNO2. The van der Waals surface area contributed by atoms with Crippen LogP contribution in [0.1, 0.15) is 16.1 Å². The minimum absolute atomic E-state index is 0.197. The molecule has 0 aliphatic carbocycles. The van der Waals surface area contributed by atoms with Gasteiger partial charge in [0.15, 0.2) is 5.76 Å². The minimum Gasteiger partial charge on any atom is -0.459 e. The molecule has 3 nitrogen and oxygen atoms in total. The van der Waals surface area contributed by atoms with Crippen molar-refractivity contribution in [3.63, 3.8) is 0 Å². The van der Waals surface area contributed by atoms with Crippen LogP contribution in [-0.2, 0) is 6.42 Å². The highest BCUT2D eigenvalue weighted by atomic mass is 35.5. The number of carbonyl (C=O) groups excluding carboxylic acids is 1. The van der Waals surface area contributed by atoms with E-state index in [0.29, 0.717) is 17.3 Å². The summed E-state index contributed by atoms with van der Waals surface area (Å²) in [4.78, 5) is 11.5. The largest absolute Gasteiger partial charge is 0.459 e. The normalized spacial score (nSPS) is 10.2. The summed E-state index contributed by atoms with van der Waals surface area (Å²) in [5.74, 6) is 0.133. The first kappa shape index (κ1) is 11.7. The van der Waals surface area contributed by atoms with Crippen LogP contribution in [0.4, 0.5) is 0 Å². The highest BCUT2D eigenvalue weighted by Crippen LogP contribution is 2.10. The molecule has 0 bridgehead atoms. The standard InChI is InChI=1S/C13H12ClNO2/c14-11-4-1-3-10(9-11)6-7-15-13(16)12-5-2-8-17-12/h1-5,8-9H,6-7H2,(H,15,16). The lowest BCUT2D eigenvalue weighted by Gasteiger charge is -2.03. The molecule has 1 heterocycles. The van der Waals surface area contributed by atoms with Crippen LogP contribution in [0, 0.1) is 0 Å². The van der Waals surface area contributed by atoms with Gasteiger partial charge in [-0.15, -0.1) is 0 Å².